The van der Waals surface area contributed by atoms with Crippen LogP contribution in [0.15, 0.2) is 0 Å². The third-order valence-corrected chi connectivity index (χ3v) is 4.70. The molecule has 0 spiro atoms. The van der Waals surface area contributed by atoms with E-state index in [1.165, 1.54) is 37.4 Å². The van der Waals surface area contributed by atoms with E-state index in [0.29, 0.717) is 12.5 Å². The number of carbonyl (C=O) groups excluding carboxylic acids is 2. The van der Waals surface area contributed by atoms with E-state index >= 15 is 0 Å². The van der Waals surface area contributed by atoms with Crippen molar-refractivity contribution in [2.45, 2.75) is 63.2 Å². The quantitative estimate of drug-likeness (QED) is 0.712. The molecule has 1 saturated heterocycles. The molecule has 1 saturated carbocycles. The van der Waals surface area contributed by atoms with Crippen molar-refractivity contribution >= 4 is 22.8 Å². The fourth-order valence-electron chi connectivity index (χ4n) is 2.93. The predicted molar refractivity (Wildman–Crippen MR) is 69.9 cm³/mol. The molecular weight excluding hydrogens is 234 g/mol. The summed E-state index contributed by atoms with van der Waals surface area (Å²) in [6, 6.07) is 0.447. The lowest BCUT2D eigenvalue weighted by Crippen LogP contribution is -2.36. The van der Waals surface area contributed by atoms with Crippen molar-refractivity contribution in [2.24, 2.45) is 0 Å². The number of thioether (sulfide) groups is 1. The number of amides is 1. The highest BCUT2D eigenvalue weighted by Crippen LogP contribution is 2.30. The molecule has 2 fully saturated rings. The highest BCUT2D eigenvalue weighted by atomic mass is 32.2. The molecule has 1 atom stereocenters. The summed E-state index contributed by atoms with van der Waals surface area (Å²) in [6.45, 7) is 2.37. The van der Waals surface area contributed by atoms with Crippen LogP contribution >= 0.6 is 11.8 Å². The Morgan fingerprint density at radius 1 is 1.24 bits per heavy atom. The van der Waals surface area contributed by atoms with Gasteiger partial charge in [-0.05, 0) is 12.8 Å². The van der Waals surface area contributed by atoms with E-state index in [4.69, 9.17) is 0 Å². The van der Waals surface area contributed by atoms with Crippen molar-refractivity contribution < 1.29 is 9.59 Å². The zero-order chi connectivity index (χ0) is 12.3. The third kappa shape index (κ3) is 3.47. The first-order valence-electron chi connectivity index (χ1n) is 6.63. The second-order valence-electron chi connectivity index (χ2n) is 5.13. The van der Waals surface area contributed by atoms with E-state index in [1.54, 1.807) is 6.92 Å². The fourth-order valence-corrected chi connectivity index (χ4v) is 3.86. The molecule has 3 nitrogen and oxygen atoms in total. The van der Waals surface area contributed by atoms with Crippen LogP contribution in [-0.2, 0) is 9.59 Å². The van der Waals surface area contributed by atoms with Gasteiger partial charge < -0.3 is 4.90 Å². The Hall–Kier alpha value is -0.510. The molecule has 4 heteroatoms. The Balaban J connectivity index is 1.92. The van der Waals surface area contributed by atoms with Gasteiger partial charge >= 0.3 is 0 Å². The molecule has 0 aromatic heterocycles. The molecule has 2 rings (SSSR count). The Labute approximate surface area is 107 Å². The number of likely N-dealkylation sites (tertiary alicyclic amines) is 1. The molecule has 1 unspecified atom stereocenters. The van der Waals surface area contributed by atoms with Crippen molar-refractivity contribution in [1.29, 1.82) is 0 Å². The normalized spacial score (nSPS) is 27.2. The van der Waals surface area contributed by atoms with Crippen LogP contribution in [0.5, 0.6) is 0 Å². The largest absolute Gasteiger partial charge is 0.339 e. The number of nitrogens with zero attached hydrogens (tertiary/aromatic N) is 1. The molecule has 2 aliphatic rings. The first kappa shape index (κ1) is 12.9. The van der Waals surface area contributed by atoms with Gasteiger partial charge in [0.2, 0.25) is 5.91 Å². The highest BCUT2D eigenvalue weighted by Gasteiger charge is 2.35. The summed E-state index contributed by atoms with van der Waals surface area (Å²) in [5, 5.41) is 0.328. The molecule has 96 valence electrons. The molecule has 1 aliphatic carbocycles. The minimum Gasteiger partial charge on any atom is -0.339 e. The lowest BCUT2D eigenvalue weighted by Gasteiger charge is -2.27. The van der Waals surface area contributed by atoms with E-state index < -0.39 is 0 Å². The molecule has 0 aromatic rings. The van der Waals surface area contributed by atoms with Gasteiger partial charge in [-0.3, -0.25) is 9.59 Å². The van der Waals surface area contributed by atoms with Crippen molar-refractivity contribution in [3.8, 4) is 0 Å². The molecule has 0 bridgehead atoms. The average Bonchev–Trinajstić information content (AvgIpc) is 2.52. The average molecular weight is 255 g/mol. The Bertz CT molecular complexity index is 298. The Morgan fingerprint density at radius 3 is 2.47 bits per heavy atom. The van der Waals surface area contributed by atoms with Gasteiger partial charge in [-0.1, -0.05) is 37.4 Å². The van der Waals surface area contributed by atoms with E-state index in [9.17, 15) is 9.59 Å². The van der Waals surface area contributed by atoms with E-state index in [0.717, 1.165) is 19.4 Å². The molecular formula is C13H21NO2S. The van der Waals surface area contributed by atoms with Crippen LogP contribution in [0.2, 0.25) is 0 Å². The first-order chi connectivity index (χ1) is 8.16. The van der Waals surface area contributed by atoms with Gasteiger partial charge in [0.1, 0.15) is 0 Å². The van der Waals surface area contributed by atoms with Gasteiger partial charge in [0, 0.05) is 31.2 Å². The van der Waals surface area contributed by atoms with Crippen molar-refractivity contribution in [3.63, 3.8) is 0 Å². The molecule has 0 aromatic carbocycles. The molecule has 0 N–H and O–H groups in total. The van der Waals surface area contributed by atoms with Gasteiger partial charge in [-0.25, -0.2) is 0 Å². The minimum absolute atomic E-state index is 0.130. The zero-order valence-electron chi connectivity index (χ0n) is 10.5. The monoisotopic (exact) mass is 255 g/mol. The summed E-state index contributed by atoms with van der Waals surface area (Å²) in [5.41, 5.74) is 0. The number of rotatable bonds is 2. The summed E-state index contributed by atoms with van der Waals surface area (Å²) in [6.07, 6.45) is 7.99. The Kier molecular flexibility index (Phi) is 4.48. The van der Waals surface area contributed by atoms with Crippen LogP contribution in [0.25, 0.3) is 0 Å². The number of carbonyl (C=O) groups is 2. The predicted octanol–water partition coefficient (Wildman–Crippen LogP) is 2.59. The Morgan fingerprint density at radius 2 is 1.88 bits per heavy atom. The van der Waals surface area contributed by atoms with Gasteiger partial charge in [-0.15, -0.1) is 0 Å². The third-order valence-electron chi connectivity index (χ3n) is 3.72. The number of hydrogen-bond acceptors (Lipinski definition) is 3. The maximum atomic E-state index is 12.0. The molecule has 1 amide bonds. The lowest BCUT2D eigenvalue weighted by molar-refractivity contribution is -0.129. The van der Waals surface area contributed by atoms with Gasteiger partial charge in [0.25, 0.3) is 0 Å². The summed E-state index contributed by atoms with van der Waals surface area (Å²) >= 11 is 1.34. The smallest absolute Gasteiger partial charge is 0.224 e. The second kappa shape index (κ2) is 5.89. The molecule has 1 aliphatic heterocycles. The number of hydrogen-bond donors (Lipinski definition) is 0. The van der Waals surface area contributed by atoms with Gasteiger partial charge in [0.05, 0.1) is 0 Å². The maximum absolute atomic E-state index is 12.0. The summed E-state index contributed by atoms with van der Waals surface area (Å²) in [5.74, 6) is 0.260. The van der Waals surface area contributed by atoms with E-state index in [2.05, 4.69) is 0 Å². The standard InChI is InChI=1S/C13H21NO2S/c1-10(15)17-12-8-13(16)14(9-12)11-6-4-2-3-5-7-11/h11-12H,2-9H2,1H3. The highest BCUT2D eigenvalue weighted by molar-refractivity contribution is 8.14. The summed E-state index contributed by atoms with van der Waals surface area (Å²) in [4.78, 5) is 25.1. The molecule has 1 heterocycles. The van der Waals surface area contributed by atoms with Crippen LogP contribution in [0.4, 0.5) is 0 Å². The zero-order valence-corrected chi connectivity index (χ0v) is 11.3. The van der Waals surface area contributed by atoms with E-state index in [1.807, 2.05) is 4.90 Å². The second-order valence-corrected chi connectivity index (χ2v) is 6.60. The van der Waals surface area contributed by atoms with Crippen LogP contribution < -0.4 is 0 Å². The first-order valence-corrected chi connectivity index (χ1v) is 7.51. The molecule has 0 radical (unpaired) electrons. The fraction of sp³-hybridized carbons (Fsp3) is 0.846. The summed E-state index contributed by atoms with van der Waals surface area (Å²) in [7, 11) is 0. The topological polar surface area (TPSA) is 37.4 Å². The SMILES string of the molecule is CC(=O)SC1CC(=O)N(C2CCCCCC2)C1. The van der Waals surface area contributed by atoms with Crippen LogP contribution in [-0.4, -0.2) is 33.8 Å². The van der Waals surface area contributed by atoms with E-state index in [-0.39, 0.29) is 16.3 Å². The van der Waals surface area contributed by atoms with Gasteiger partial charge in [0.15, 0.2) is 5.12 Å². The minimum atomic E-state index is 0.130. The van der Waals surface area contributed by atoms with Crippen LogP contribution in [0.3, 0.4) is 0 Å². The van der Waals surface area contributed by atoms with Crippen LogP contribution in [0, 0.1) is 0 Å². The molecule has 17 heavy (non-hydrogen) atoms. The van der Waals surface area contributed by atoms with Crippen LogP contribution in [0.1, 0.15) is 51.9 Å². The van der Waals surface area contributed by atoms with Crippen molar-refractivity contribution in [3.05, 3.63) is 0 Å². The maximum Gasteiger partial charge on any atom is 0.224 e. The lowest BCUT2D eigenvalue weighted by atomic mass is 10.1. The summed E-state index contributed by atoms with van der Waals surface area (Å²) < 4.78 is 0. The van der Waals surface area contributed by atoms with Crippen molar-refractivity contribution in [1.82, 2.24) is 4.90 Å². The van der Waals surface area contributed by atoms with Crippen molar-refractivity contribution in [2.75, 3.05) is 6.54 Å². The van der Waals surface area contributed by atoms with Gasteiger partial charge in [-0.2, -0.15) is 0 Å².